The van der Waals surface area contributed by atoms with Gasteiger partial charge in [-0.2, -0.15) is 0 Å². The van der Waals surface area contributed by atoms with Crippen LogP contribution in [0.4, 0.5) is 13.2 Å². The van der Waals surface area contributed by atoms with Crippen LogP contribution in [0.3, 0.4) is 0 Å². The fourth-order valence-corrected chi connectivity index (χ4v) is 1.87. The van der Waals surface area contributed by atoms with Crippen molar-refractivity contribution in [3.63, 3.8) is 0 Å². The summed E-state index contributed by atoms with van der Waals surface area (Å²) < 4.78 is 43.7. The quantitative estimate of drug-likeness (QED) is 0.793. The minimum absolute atomic E-state index is 0.00972. The van der Waals surface area contributed by atoms with E-state index >= 15 is 0 Å². The molecule has 16 heavy (non-hydrogen) atoms. The van der Waals surface area contributed by atoms with Gasteiger partial charge in [0.1, 0.15) is 11.9 Å². The lowest BCUT2D eigenvalue weighted by Gasteiger charge is -2.13. The maximum absolute atomic E-state index is 12.9. The van der Waals surface area contributed by atoms with E-state index in [2.05, 4.69) is 0 Å². The minimum Gasteiger partial charge on any atom is -0.490 e. The van der Waals surface area contributed by atoms with Crippen LogP contribution in [0.25, 0.3) is 0 Å². The third-order valence-electron chi connectivity index (χ3n) is 2.69. The first kappa shape index (κ1) is 11.3. The molecule has 0 unspecified atom stereocenters. The van der Waals surface area contributed by atoms with Crippen molar-refractivity contribution in [1.82, 2.24) is 0 Å². The van der Waals surface area contributed by atoms with Crippen molar-refractivity contribution in [2.24, 2.45) is 5.73 Å². The average molecular weight is 231 g/mol. The summed E-state index contributed by atoms with van der Waals surface area (Å²) in [6, 6.07) is 1.77. The van der Waals surface area contributed by atoms with Gasteiger partial charge in [-0.3, -0.25) is 0 Å². The Morgan fingerprint density at radius 2 is 1.75 bits per heavy atom. The molecule has 0 saturated heterocycles. The third kappa shape index (κ3) is 2.29. The normalized spacial score (nSPS) is 24.8. The van der Waals surface area contributed by atoms with E-state index < -0.39 is 17.5 Å². The summed E-state index contributed by atoms with van der Waals surface area (Å²) in [5, 5.41) is 0. The fourth-order valence-electron chi connectivity index (χ4n) is 1.87. The number of hydrogen-bond acceptors (Lipinski definition) is 2. The molecular weight excluding hydrogens is 219 g/mol. The topological polar surface area (TPSA) is 35.2 Å². The van der Waals surface area contributed by atoms with Crippen molar-refractivity contribution >= 4 is 0 Å². The highest BCUT2D eigenvalue weighted by molar-refractivity contribution is 5.25. The molecule has 88 valence electrons. The lowest BCUT2D eigenvalue weighted by molar-refractivity contribution is 0.205. The zero-order chi connectivity index (χ0) is 11.7. The summed E-state index contributed by atoms with van der Waals surface area (Å²) in [5.74, 6) is -3.94. The first-order chi connectivity index (χ1) is 7.56. The molecule has 0 aliphatic heterocycles. The van der Waals surface area contributed by atoms with Crippen molar-refractivity contribution in [2.45, 2.75) is 31.4 Å². The van der Waals surface area contributed by atoms with Gasteiger partial charge in [-0.15, -0.1) is 0 Å². The van der Waals surface area contributed by atoms with Gasteiger partial charge in [0.05, 0.1) is 0 Å². The standard InChI is InChI=1S/C11H12F3NO/c12-9-4-8(5-10(13)11(9)14)16-7-2-1-6(15)3-7/h4-7H,1-3,15H2/t6-,7+/m1/s1. The van der Waals surface area contributed by atoms with Gasteiger partial charge in [0.25, 0.3) is 0 Å². The lowest BCUT2D eigenvalue weighted by Crippen LogP contribution is -2.19. The molecule has 2 rings (SSSR count). The number of nitrogens with two attached hydrogens (primary N) is 1. The first-order valence-electron chi connectivity index (χ1n) is 5.13. The van der Waals surface area contributed by atoms with Gasteiger partial charge >= 0.3 is 0 Å². The van der Waals surface area contributed by atoms with Gasteiger partial charge in [-0.05, 0) is 19.3 Å². The van der Waals surface area contributed by atoms with Crippen molar-refractivity contribution < 1.29 is 17.9 Å². The highest BCUT2D eigenvalue weighted by atomic mass is 19.2. The molecule has 1 saturated carbocycles. The molecule has 0 spiro atoms. The highest BCUT2D eigenvalue weighted by Crippen LogP contribution is 2.25. The second-order valence-electron chi connectivity index (χ2n) is 4.01. The summed E-state index contributed by atoms with van der Waals surface area (Å²) in [6.45, 7) is 0. The van der Waals surface area contributed by atoms with Crippen LogP contribution in [0.15, 0.2) is 12.1 Å². The Bertz CT molecular complexity index is 374. The van der Waals surface area contributed by atoms with Gasteiger partial charge in [0.15, 0.2) is 17.5 Å². The Balaban J connectivity index is 2.10. The van der Waals surface area contributed by atoms with Crippen LogP contribution in [0.2, 0.25) is 0 Å². The monoisotopic (exact) mass is 231 g/mol. The SMILES string of the molecule is N[C@@H]1CC[C@H](Oc2cc(F)c(F)c(F)c2)C1. The zero-order valence-corrected chi connectivity index (χ0v) is 8.55. The Hall–Kier alpha value is -1.23. The molecule has 1 aliphatic rings. The predicted molar refractivity (Wildman–Crippen MR) is 52.6 cm³/mol. The van der Waals surface area contributed by atoms with Crippen LogP contribution < -0.4 is 10.5 Å². The molecule has 0 heterocycles. The summed E-state index contributed by atoms with van der Waals surface area (Å²) in [6.07, 6.45) is 2.10. The molecule has 2 nitrogen and oxygen atoms in total. The number of halogens is 3. The molecule has 1 fully saturated rings. The number of rotatable bonds is 2. The van der Waals surface area contributed by atoms with Gasteiger partial charge in [0.2, 0.25) is 0 Å². The largest absolute Gasteiger partial charge is 0.490 e. The van der Waals surface area contributed by atoms with E-state index in [1.54, 1.807) is 0 Å². The maximum atomic E-state index is 12.9. The molecule has 2 N–H and O–H groups in total. The minimum atomic E-state index is -1.48. The Morgan fingerprint density at radius 1 is 1.12 bits per heavy atom. The van der Waals surface area contributed by atoms with Crippen molar-refractivity contribution in [1.29, 1.82) is 0 Å². The highest BCUT2D eigenvalue weighted by Gasteiger charge is 2.24. The van der Waals surface area contributed by atoms with Gasteiger partial charge in [-0.1, -0.05) is 0 Å². The van der Waals surface area contributed by atoms with E-state index in [1.807, 2.05) is 0 Å². The van der Waals surface area contributed by atoms with E-state index in [-0.39, 0.29) is 17.9 Å². The van der Waals surface area contributed by atoms with E-state index in [0.29, 0.717) is 6.42 Å². The molecule has 1 aliphatic carbocycles. The van der Waals surface area contributed by atoms with Crippen LogP contribution >= 0.6 is 0 Å². The molecule has 1 aromatic carbocycles. The second kappa shape index (κ2) is 4.33. The fraction of sp³-hybridized carbons (Fsp3) is 0.455. The van der Waals surface area contributed by atoms with Crippen LogP contribution in [0.5, 0.6) is 5.75 Å². The molecular formula is C11H12F3NO. The number of ether oxygens (including phenoxy) is 1. The Morgan fingerprint density at radius 3 is 2.25 bits per heavy atom. The molecule has 1 aromatic rings. The zero-order valence-electron chi connectivity index (χ0n) is 8.55. The second-order valence-corrected chi connectivity index (χ2v) is 4.01. The van der Waals surface area contributed by atoms with Gasteiger partial charge in [0, 0.05) is 18.2 Å². The van der Waals surface area contributed by atoms with E-state index in [1.165, 1.54) is 0 Å². The van der Waals surface area contributed by atoms with Crippen LogP contribution in [0, 0.1) is 17.5 Å². The maximum Gasteiger partial charge on any atom is 0.194 e. The number of hydrogen-bond donors (Lipinski definition) is 1. The molecule has 0 radical (unpaired) electrons. The van der Waals surface area contributed by atoms with Crippen LogP contribution in [0.1, 0.15) is 19.3 Å². The first-order valence-corrected chi connectivity index (χ1v) is 5.13. The van der Waals surface area contributed by atoms with Gasteiger partial charge < -0.3 is 10.5 Å². The van der Waals surface area contributed by atoms with Crippen molar-refractivity contribution in [3.8, 4) is 5.75 Å². The third-order valence-corrected chi connectivity index (χ3v) is 2.69. The van der Waals surface area contributed by atoms with Crippen molar-refractivity contribution in [3.05, 3.63) is 29.6 Å². The molecule has 0 aromatic heterocycles. The van der Waals surface area contributed by atoms with Crippen LogP contribution in [-0.2, 0) is 0 Å². The summed E-state index contributed by atoms with van der Waals surface area (Å²) >= 11 is 0. The Labute approximate surface area is 91.2 Å². The molecule has 2 atom stereocenters. The molecule has 0 amide bonds. The van der Waals surface area contributed by atoms with Crippen LogP contribution in [-0.4, -0.2) is 12.1 Å². The summed E-state index contributed by atoms with van der Waals surface area (Å²) in [5.41, 5.74) is 5.67. The summed E-state index contributed by atoms with van der Waals surface area (Å²) in [4.78, 5) is 0. The molecule has 5 heteroatoms. The van der Waals surface area contributed by atoms with Gasteiger partial charge in [-0.25, -0.2) is 13.2 Å². The number of benzene rings is 1. The average Bonchev–Trinajstić information content (AvgIpc) is 2.60. The Kier molecular flexibility index (Phi) is 3.05. The predicted octanol–water partition coefficient (Wildman–Crippen LogP) is 2.36. The molecule has 0 bridgehead atoms. The lowest BCUT2D eigenvalue weighted by atomic mass is 10.2. The van der Waals surface area contributed by atoms with E-state index in [4.69, 9.17) is 10.5 Å². The summed E-state index contributed by atoms with van der Waals surface area (Å²) in [7, 11) is 0. The van der Waals surface area contributed by atoms with Crippen molar-refractivity contribution in [2.75, 3.05) is 0 Å². The smallest absolute Gasteiger partial charge is 0.194 e. The van der Waals surface area contributed by atoms with E-state index in [9.17, 15) is 13.2 Å². The van der Waals surface area contributed by atoms with E-state index in [0.717, 1.165) is 25.0 Å².